The third-order valence-electron chi connectivity index (χ3n) is 1.33. The van der Waals surface area contributed by atoms with Crippen molar-refractivity contribution in [3.05, 3.63) is 13.8 Å². The third kappa shape index (κ3) is 0.562. The molecule has 0 aromatic rings. The average molecular weight is 82.1 g/mol. The molecule has 0 aromatic heterocycles. The van der Waals surface area contributed by atoms with Gasteiger partial charge >= 0.3 is 0 Å². The van der Waals surface area contributed by atoms with Crippen LogP contribution in [0.15, 0.2) is 0 Å². The molecule has 0 nitrogen and oxygen atoms in total. The molecule has 0 unspecified atom stereocenters. The number of hydrogen-bond acceptors (Lipinski definition) is 0. The second-order valence-corrected chi connectivity index (χ2v) is 2.20. The van der Waals surface area contributed by atoms with Crippen LogP contribution in [-0.2, 0) is 0 Å². The fraction of sp³-hybridized carbons (Fsp3) is 0.667. The Labute approximate surface area is 39.6 Å². The summed E-state index contributed by atoms with van der Waals surface area (Å²) in [6, 6.07) is 0. The second-order valence-electron chi connectivity index (χ2n) is 2.20. The molecule has 0 heteroatoms. The summed E-state index contributed by atoms with van der Waals surface area (Å²) in [4.78, 5) is 0. The lowest BCUT2D eigenvalue weighted by Gasteiger charge is -2.28. The molecule has 0 aromatic carbocycles. The summed E-state index contributed by atoms with van der Waals surface area (Å²) in [5, 5.41) is 0. The maximum Gasteiger partial charge on any atom is -0.0409 e. The van der Waals surface area contributed by atoms with E-state index in [1.807, 2.05) is 0 Å². The molecular formula is C6H10. The molecule has 0 bridgehead atoms. The molecule has 6 heavy (non-hydrogen) atoms. The zero-order valence-electron chi connectivity index (χ0n) is 3.98. The van der Waals surface area contributed by atoms with Gasteiger partial charge < -0.3 is 0 Å². The molecule has 1 fully saturated rings. The predicted molar refractivity (Wildman–Crippen MR) is 26.9 cm³/mol. The summed E-state index contributed by atoms with van der Waals surface area (Å²) in [5.74, 6) is 1.46. The van der Waals surface area contributed by atoms with E-state index in [-0.39, 0.29) is 0 Å². The van der Waals surface area contributed by atoms with Gasteiger partial charge in [-0.3, -0.25) is 0 Å². The molecule has 1 saturated carbocycles. The van der Waals surface area contributed by atoms with Gasteiger partial charge in [0.15, 0.2) is 0 Å². The van der Waals surface area contributed by atoms with Gasteiger partial charge in [0, 0.05) is 0 Å². The van der Waals surface area contributed by atoms with E-state index in [4.69, 9.17) is 0 Å². The zero-order chi connectivity index (χ0) is 4.57. The maximum absolute atomic E-state index is 3.85. The summed E-state index contributed by atoms with van der Waals surface area (Å²) in [7, 11) is 0. The highest BCUT2D eigenvalue weighted by Crippen LogP contribution is 2.31. The first-order chi connectivity index (χ1) is 2.79. The summed E-state index contributed by atoms with van der Waals surface area (Å²) < 4.78 is 0. The van der Waals surface area contributed by atoms with Crippen molar-refractivity contribution < 1.29 is 0 Å². The Morgan fingerprint density at radius 3 is 1.33 bits per heavy atom. The molecule has 0 spiro atoms. The van der Waals surface area contributed by atoms with Crippen LogP contribution in [0.4, 0.5) is 0 Å². The van der Waals surface area contributed by atoms with E-state index in [1.165, 1.54) is 12.8 Å². The summed E-state index contributed by atoms with van der Waals surface area (Å²) >= 11 is 0. The molecule has 0 amide bonds. The molecule has 1 rings (SSSR count). The zero-order valence-corrected chi connectivity index (χ0v) is 3.98. The van der Waals surface area contributed by atoms with E-state index in [9.17, 15) is 0 Å². The minimum absolute atomic E-state index is 0.729. The van der Waals surface area contributed by atoms with Gasteiger partial charge in [-0.15, -0.1) is 0 Å². The van der Waals surface area contributed by atoms with Gasteiger partial charge in [-0.05, 0) is 24.7 Å². The Kier molecular flexibility index (Phi) is 0.868. The minimum atomic E-state index is 0.729. The fourth-order valence-corrected chi connectivity index (χ4v) is 0.874. The van der Waals surface area contributed by atoms with Crippen molar-refractivity contribution in [3.8, 4) is 0 Å². The molecule has 2 radical (unpaired) electrons. The predicted octanol–water partition coefficient (Wildman–Crippen LogP) is 1.68. The van der Waals surface area contributed by atoms with Crippen LogP contribution in [0.1, 0.15) is 12.8 Å². The highest BCUT2D eigenvalue weighted by atomic mass is 14.2. The summed E-state index contributed by atoms with van der Waals surface area (Å²) in [6.07, 6.45) is 2.50. The van der Waals surface area contributed by atoms with Gasteiger partial charge in [-0.1, -0.05) is 13.8 Å². The monoisotopic (exact) mass is 82.1 g/mol. The normalized spacial score (nSPS) is 45.0. The van der Waals surface area contributed by atoms with Crippen LogP contribution in [0.3, 0.4) is 0 Å². The fourth-order valence-electron chi connectivity index (χ4n) is 0.874. The molecule has 1 aliphatic carbocycles. The van der Waals surface area contributed by atoms with Crippen molar-refractivity contribution in [2.24, 2.45) is 11.8 Å². The van der Waals surface area contributed by atoms with Crippen LogP contribution in [0.5, 0.6) is 0 Å². The first kappa shape index (κ1) is 4.17. The standard InChI is InChI=1S/C6H10/c1-5-3-6(2)4-5/h5-6H,1-4H2. The summed E-state index contributed by atoms with van der Waals surface area (Å²) in [5.41, 5.74) is 0. The van der Waals surface area contributed by atoms with E-state index in [0.29, 0.717) is 0 Å². The maximum atomic E-state index is 3.85. The smallest absolute Gasteiger partial charge is 0.0409 e. The quantitative estimate of drug-likeness (QED) is 0.417. The van der Waals surface area contributed by atoms with E-state index >= 15 is 0 Å². The van der Waals surface area contributed by atoms with Crippen LogP contribution in [0.2, 0.25) is 0 Å². The number of hydrogen-bond donors (Lipinski definition) is 0. The largest absolute Gasteiger partial charge is 0.0502 e. The second kappa shape index (κ2) is 1.25. The molecule has 34 valence electrons. The third-order valence-corrected chi connectivity index (χ3v) is 1.33. The van der Waals surface area contributed by atoms with E-state index in [2.05, 4.69) is 13.8 Å². The van der Waals surface area contributed by atoms with Gasteiger partial charge in [0.1, 0.15) is 0 Å². The topological polar surface area (TPSA) is 0 Å². The minimum Gasteiger partial charge on any atom is -0.0502 e. The van der Waals surface area contributed by atoms with Gasteiger partial charge in [-0.25, -0.2) is 0 Å². The molecule has 0 atom stereocenters. The lowest BCUT2D eigenvalue weighted by atomic mass is 9.78. The van der Waals surface area contributed by atoms with Crippen molar-refractivity contribution in [2.45, 2.75) is 12.8 Å². The first-order valence-corrected chi connectivity index (χ1v) is 2.45. The van der Waals surface area contributed by atoms with Crippen molar-refractivity contribution in [1.29, 1.82) is 0 Å². The molecule has 0 aliphatic heterocycles. The van der Waals surface area contributed by atoms with Gasteiger partial charge in [-0.2, -0.15) is 0 Å². The molecular weight excluding hydrogens is 72.1 g/mol. The van der Waals surface area contributed by atoms with Gasteiger partial charge in [0.05, 0.1) is 0 Å². The van der Waals surface area contributed by atoms with Crippen LogP contribution >= 0.6 is 0 Å². The van der Waals surface area contributed by atoms with Crippen LogP contribution in [-0.4, -0.2) is 0 Å². The Morgan fingerprint density at radius 1 is 1.00 bits per heavy atom. The Bertz CT molecular complexity index is 36.0. The molecule has 0 heterocycles. The number of rotatable bonds is 0. The Hall–Kier alpha value is 0. The first-order valence-electron chi connectivity index (χ1n) is 2.45. The van der Waals surface area contributed by atoms with E-state index < -0.39 is 0 Å². The molecule has 1 aliphatic rings. The van der Waals surface area contributed by atoms with Gasteiger partial charge in [0.2, 0.25) is 0 Å². The lowest BCUT2D eigenvalue weighted by Crippen LogP contribution is -2.17. The lowest BCUT2D eigenvalue weighted by molar-refractivity contribution is 0.290. The summed E-state index contributed by atoms with van der Waals surface area (Å²) in [6.45, 7) is 7.71. The van der Waals surface area contributed by atoms with Gasteiger partial charge in [0.25, 0.3) is 0 Å². The van der Waals surface area contributed by atoms with E-state index in [0.717, 1.165) is 11.8 Å². The molecule has 0 saturated heterocycles. The van der Waals surface area contributed by atoms with E-state index in [1.54, 1.807) is 0 Å². The van der Waals surface area contributed by atoms with Crippen LogP contribution in [0.25, 0.3) is 0 Å². The Balaban J connectivity index is 2.11. The highest BCUT2D eigenvalue weighted by molar-refractivity contribution is 4.81. The average Bonchev–Trinajstić information content (AvgIpc) is 1.33. The van der Waals surface area contributed by atoms with Crippen LogP contribution < -0.4 is 0 Å². The van der Waals surface area contributed by atoms with Crippen molar-refractivity contribution in [3.63, 3.8) is 0 Å². The molecule has 0 N–H and O–H groups in total. The Morgan fingerprint density at radius 2 is 1.33 bits per heavy atom. The SMILES string of the molecule is [CH2]C1CC([CH2])C1. The van der Waals surface area contributed by atoms with Crippen LogP contribution in [0, 0.1) is 25.7 Å². The van der Waals surface area contributed by atoms with Crippen molar-refractivity contribution >= 4 is 0 Å². The highest BCUT2D eigenvalue weighted by Gasteiger charge is 2.19. The van der Waals surface area contributed by atoms with Crippen molar-refractivity contribution in [1.82, 2.24) is 0 Å². The van der Waals surface area contributed by atoms with Crippen molar-refractivity contribution in [2.75, 3.05) is 0 Å².